The molecule has 1 fully saturated rings. The average molecular weight is 588 g/mol. The lowest BCUT2D eigenvalue weighted by atomic mass is 9.95. The molecule has 0 bridgehead atoms. The van der Waals surface area contributed by atoms with Crippen LogP contribution in [0.15, 0.2) is 109 Å². The number of hydrogen-bond acceptors (Lipinski definition) is 6. The first-order valence-corrected chi connectivity index (χ1v) is 15.2. The number of nitrogens with zero attached hydrogens (tertiary/aromatic N) is 2. The maximum Gasteiger partial charge on any atom is 0.269 e. The van der Waals surface area contributed by atoms with Crippen LogP contribution >= 0.6 is 0 Å². The molecule has 0 aliphatic carbocycles. The minimum atomic E-state index is -0.311. The monoisotopic (exact) mass is 587 g/mol. The highest BCUT2D eigenvalue weighted by molar-refractivity contribution is 6.05. The molecule has 0 atom stereocenters. The molecule has 224 valence electrons. The number of fused-ring (bicyclic) bond motifs is 1. The largest absolute Gasteiger partial charge is 0.507 e. The fourth-order valence-corrected chi connectivity index (χ4v) is 5.95. The number of aryl methyl sites for hydroxylation is 1. The Hall–Kier alpha value is -4.72. The lowest BCUT2D eigenvalue weighted by Crippen LogP contribution is -2.48. The van der Waals surface area contributed by atoms with Gasteiger partial charge in [0.2, 0.25) is 0 Å². The average Bonchev–Trinajstić information content (AvgIpc) is 3.07. The van der Waals surface area contributed by atoms with Gasteiger partial charge in [0, 0.05) is 36.4 Å². The first kappa shape index (κ1) is 29.4. The van der Waals surface area contributed by atoms with Crippen LogP contribution in [-0.2, 0) is 17.8 Å². The Bertz CT molecular complexity index is 1650. The molecule has 0 spiro atoms. The Balaban J connectivity index is 1.13. The van der Waals surface area contributed by atoms with Gasteiger partial charge < -0.3 is 14.6 Å². The number of piperidine rings is 1. The normalized spacial score (nSPS) is 14.1. The van der Waals surface area contributed by atoms with E-state index in [0.717, 1.165) is 45.9 Å². The van der Waals surface area contributed by atoms with Crippen molar-refractivity contribution >= 4 is 16.7 Å². The number of aromatic nitrogens is 1. The predicted octanol–water partition coefficient (Wildman–Crippen LogP) is 7.00. The number of hydrazine groups is 1. The summed E-state index contributed by atoms with van der Waals surface area (Å²) in [7, 11) is 0. The Kier molecular flexibility index (Phi) is 9.15. The second-order valence-corrected chi connectivity index (χ2v) is 11.1. The van der Waals surface area contributed by atoms with Crippen LogP contribution in [0.3, 0.4) is 0 Å². The first-order chi connectivity index (χ1) is 21.6. The van der Waals surface area contributed by atoms with Crippen LogP contribution < -0.4 is 10.2 Å². The second-order valence-electron chi connectivity index (χ2n) is 11.1. The third-order valence-electron chi connectivity index (χ3n) is 8.16. The molecule has 1 aliphatic heterocycles. The highest BCUT2D eigenvalue weighted by Gasteiger charge is 2.27. The summed E-state index contributed by atoms with van der Waals surface area (Å²) in [4.78, 5) is 17.7. The number of nitrogens with one attached hydrogen (secondary N) is 1. The van der Waals surface area contributed by atoms with Crippen LogP contribution in [0.2, 0.25) is 0 Å². The molecular formula is C37H37N3O4. The predicted molar refractivity (Wildman–Crippen MR) is 171 cm³/mol. The molecule has 7 nitrogen and oxygen atoms in total. The van der Waals surface area contributed by atoms with Crippen LogP contribution in [0, 0.1) is 0 Å². The number of phenolic OH excluding ortho intramolecular Hbond substituents is 1. The van der Waals surface area contributed by atoms with Crippen LogP contribution in [0.25, 0.3) is 10.8 Å². The molecule has 4 aromatic carbocycles. The highest BCUT2D eigenvalue weighted by Crippen LogP contribution is 2.36. The number of phenols is 1. The molecule has 1 amide bonds. The van der Waals surface area contributed by atoms with Crippen molar-refractivity contribution < 1.29 is 19.4 Å². The highest BCUT2D eigenvalue weighted by atomic mass is 16.5. The van der Waals surface area contributed by atoms with Crippen molar-refractivity contribution in [1.82, 2.24) is 15.4 Å². The molecule has 1 saturated heterocycles. The number of carbonyl (C=O) groups excluding carboxylic acids is 1. The van der Waals surface area contributed by atoms with E-state index in [-0.39, 0.29) is 23.9 Å². The maximum absolute atomic E-state index is 13.6. The van der Waals surface area contributed by atoms with E-state index in [1.165, 1.54) is 0 Å². The SMILES string of the molecule is CCc1c(C(=O)NN2CCC(OC(c3ccccc3)c3ccccc3)CC2)c(O)cc2c(OCc3cccnc3)cccc12. The summed E-state index contributed by atoms with van der Waals surface area (Å²) < 4.78 is 12.8. The van der Waals surface area contributed by atoms with Crippen LogP contribution in [0.5, 0.6) is 11.5 Å². The summed E-state index contributed by atoms with van der Waals surface area (Å²) in [6.45, 7) is 3.64. The number of amides is 1. The molecule has 2 N–H and O–H groups in total. The summed E-state index contributed by atoms with van der Waals surface area (Å²) in [5.41, 5.74) is 7.34. The number of carbonyl (C=O) groups is 1. The quantitative estimate of drug-likeness (QED) is 0.183. The van der Waals surface area contributed by atoms with Gasteiger partial charge in [-0.1, -0.05) is 85.8 Å². The Labute approximate surface area is 258 Å². The van der Waals surface area contributed by atoms with E-state index in [9.17, 15) is 9.90 Å². The lowest BCUT2D eigenvalue weighted by molar-refractivity contribution is -0.0338. The number of ether oxygens (including phenoxy) is 2. The van der Waals surface area contributed by atoms with Crippen molar-refractivity contribution in [1.29, 1.82) is 0 Å². The van der Waals surface area contributed by atoms with Crippen molar-refractivity contribution in [2.24, 2.45) is 0 Å². The van der Waals surface area contributed by atoms with E-state index in [1.54, 1.807) is 18.5 Å². The van der Waals surface area contributed by atoms with Crippen molar-refractivity contribution in [3.8, 4) is 11.5 Å². The fraction of sp³-hybridized carbons (Fsp3) is 0.243. The molecule has 6 rings (SSSR count). The summed E-state index contributed by atoms with van der Waals surface area (Å²) in [5, 5.41) is 14.7. The topological polar surface area (TPSA) is 83.9 Å². The summed E-state index contributed by atoms with van der Waals surface area (Å²) in [5.74, 6) is 0.277. The first-order valence-electron chi connectivity index (χ1n) is 15.2. The Morgan fingerprint density at radius 2 is 1.64 bits per heavy atom. The zero-order chi connectivity index (χ0) is 30.3. The van der Waals surface area contributed by atoms with Crippen LogP contribution in [0.4, 0.5) is 0 Å². The molecular weight excluding hydrogens is 550 g/mol. The molecule has 0 radical (unpaired) electrons. The second kappa shape index (κ2) is 13.7. The molecule has 1 aliphatic rings. The summed E-state index contributed by atoms with van der Waals surface area (Å²) in [6.07, 6.45) is 5.53. The van der Waals surface area contributed by atoms with Gasteiger partial charge in [0.1, 0.15) is 24.2 Å². The van der Waals surface area contributed by atoms with E-state index in [2.05, 4.69) is 34.7 Å². The van der Waals surface area contributed by atoms with E-state index in [1.807, 2.05) is 78.7 Å². The Morgan fingerprint density at radius 3 is 2.27 bits per heavy atom. The standard InChI is InChI=1S/C37H37N3O4/c1-2-30-31-16-9-17-34(43-25-26-11-10-20-38-24-26)32(31)23-33(41)35(30)37(42)39-40-21-18-29(19-22-40)44-36(27-12-5-3-6-13-27)28-14-7-4-8-15-28/h3-17,20,23-24,29,36,41H,2,18-19,21-22,25H2,1H3,(H,39,42). The number of pyridine rings is 1. The van der Waals surface area contributed by atoms with Crippen LogP contribution in [0.1, 0.15) is 58.5 Å². The lowest BCUT2D eigenvalue weighted by Gasteiger charge is -2.34. The van der Waals surface area contributed by atoms with E-state index in [0.29, 0.717) is 37.4 Å². The number of rotatable bonds is 10. The molecule has 0 saturated carbocycles. The number of aromatic hydroxyl groups is 1. The fourth-order valence-electron chi connectivity index (χ4n) is 5.95. The van der Waals surface area contributed by atoms with Gasteiger partial charge in [-0.05, 0) is 59.5 Å². The zero-order valence-electron chi connectivity index (χ0n) is 24.9. The molecule has 44 heavy (non-hydrogen) atoms. The smallest absolute Gasteiger partial charge is 0.269 e. The van der Waals surface area contributed by atoms with Gasteiger partial charge in [0.05, 0.1) is 11.7 Å². The third kappa shape index (κ3) is 6.59. The molecule has 2 heterocycles. The van der Waals surface area contributed by atoms with E-state index < -0.39 is 0 Å². The number of benzene rings is 4. The molecule has 5 aromatic rings. The third-order valence-corrected chi connectivity index (χ3v) is 8.16. The minimum absolute atomic E-state index is 0.0546. The van der Waals surface area contributed by atoms with Gasteiger partial charge in [0.25, 0.3) is 5.91 Å². The molecule has 7 heteroatoms. The maximum atomic E-state index is 13.6. The minimum Gasteiger partial charge on any atom is -0.507 e. The van der Waals surface area contributed by atoms with Crippen molar-refractivity contribution in [2.45, 2.75) is 45.0 Å². The Morgan fingerprint density at radius 1 is 0.932 bits per heavy atom. The zero-order valence-corrected chi connectivity index (χ0v) is 24.9. The van der Waals surface area contributed by atoms with Crippen LogP contribution in [-0.4, -0.2) is 40.2 Å². The van der Waals surface area contributed by atoms with Gasteiger partial charge in [-0.25, -0.2) is 5.01 Å². The van der Waals surface area contributed by atoms with E-state index in [4.69, 9.17) is 9.47 Å². The molecule has 1 aromatic heterocycles. The van der Waals surface area contributed by atoms with Gasteiger partial charge in [-0.3, -0.25) is 15.2 Å². The van der Waals surface area contributed by atoms with Crippen molar-refractivity contribution in [2.75, 3.05) is 13.1 Å². The van der Waals surface area contributed by atoms with Gasteiger partial charge in [-0.15, -0.1) is 0 Å². The van der Waals surface area contributed by atoms with Gasteiger partial charge in [0.15, 0.2) is 0 Å². The van der Waals surface area contributed by atoms with Crippen molar-refractivity contribution in [3.63, 3.8) is 0 Å². The van der Waals surface area contributed by atoms with Crippen molar-refractivity contribution in [3.05, 3.63) is 137 Å². The van der Waals surface area contributed by atoms with E-state index >= 15 is 0 Å². The van der Waals surface area contributed by atoms with Gasteiger partial charge in [-0.2, -0.15) is 0 Å². The summed E-state index contributed by atoms with van der Waals surface area (Å²) in [6, 6.07) is 31.8. The summed E-state index contributed by atoms with van der Waals surface area (Å²) >= 11 is 0. The molecule has 0 unspecified atom stereocenters. The van der Waals surface area contributed by atoms with Gasteiger partial charge >= 0.3 is 0 Å². The number of hydrogen-bond donors (Lipinski definition) is 2.